The van der Waals surface area contributed by atoms with Gasteiger partial charge in [0.1, 0.15) is 21.4 Å². The molecule has 9 rings (SSSR count). The quantitative estimate of drug-likeness (QED) is 0.130. The number of rotatable bonds is 2. The van der Waals surface area contributed by atoms with Crippen LogP contribution < -0.4 is 0 Å². The van der Waals surface area contributed by atoms with Crippen LogP contribution in [-0.2, 0) is 5.41 Å². The first-order valence-corrected chi connectivity index (χ1v) is 18.6. The summed E-state index contributed by atoms with van der Waals surface area (Å²) in [6, 6.07) is 21.8. The molecular formula is C39H16N6O2S4. The largest absolute Gasteiger partial charge is 0.287 e. The van der Waals surface area contributed by atoms with Gasteiger partial charge in [0.15, 0.2) is 0 Å². The Labute approximate surface area is 306 Å². The maximum Gasteiger partial charge on any atom is 0.271 e. The second-order valence-electron chi connectivity index (χ2n) is 12.4. The Bertz CT molecular complexity index is 2950. The number of allylic oxidation sites excluding steroid dienone is 4. The number of hydrogen-bond acceptors (Lipinski definition) is 10. The number of thiophene rings is 4. The normalized spacial score (nSPS) is 18.7. The number of carbonyl (C=O) groups excluding carboxylic acids is 2. The number of benzene rings is 2. The summed E-state index contributed by atoms with van der Waals surface area (Å²) in [4.78, 5) is 45.6. The third-order valence-corrected chi connectivity index (χ3v) is 14.3. The Kier molecular flexibility index (Phi) is 6.63. The van der Waals surface area contributed by atoms with Crippen LogP contribution in [-0.4, -0.2) is 23.0 Å². The fourth-order valence-electron chi connectivity index (χ4n) is 7.07. The van der Waals surface area contributed by atoms with Crippen molar-refractivity contribution in [3.05, 3.63) is 128 Å². The van der Waals surface area contributed by atoms with Gasteiger partial charge in [0.25, 0.3) is 11.4 Å². The molecule has 238 valence electrons. The number of aliphatic imine (C=N–C) groups is 2. The van der Waals surface area contributed by atoms with Crippen molar-refractivity contribution in [3.63, 3.8) is 0 Å². The van der Waals surface area contributed by atoms with Gasteiger partial charge < -0.3 is 0 Å². The van der Waals surface area contributed by atoms with E-state index in [1.807, 2.05) is 24.3 Å². The van der Waals surface area contributed by atoms with Crippen molar-refractivity contribution in [2.75, 3.05) is 0 Å². The van der Waals surface area contributed by atoms with E-state index in [4.69, 9.17) is 23.1 Å². The lowest BCUT2D eigenvalue weighted by Crippen LogP contribution is -2.13. The molecule has 0 unspecified atom stereocenters. The Morgan fingerprint density at radius 3 is 1.75 bits per heavy atom. The van der Waals surface area contributed by atoms with Crippen molar-refractivity contribution >= 4 is 108 Å². The zero-order chi connectivity index (χ0) is 35.3. The number of hydrogen-bond donors (Lipinski definition) is 0. The minimum Gasteiger partial charge on any atom is -0.287 e. The van der Waals surface area contributed by atoms with Gasteiger partial charge in [-0.2, -0.15) is 0 Å². The predicted molar refractivity (Wildman–Crippen MR) is 205 cm³/mol. The van der Waals surface area contributed by atoms with Gasteiger partial charge in [-0.1, -0.05) is 62.4 Å². The average Bonchev–Trinajstić information content (AvgIpc) is 3.98. The monoisotopic (exact) mass is 728 g/mol. The molecule has 0 saturated carbocycles. The highest BCUT2D eigenvalue weighted by Gasteiger charge is 2.42. The van der Waals surface area contributed by atoms with Crippen molar-refractivity contribution in [1.29, 1.82) is 10.5 Å². The molecule has 3 aliphatic rings. The molecule has 2 aromatic carbocycles. The molecule has 0 amide bonds. The lowest BCUT2D eigenvalue weighted by molar-refractivity contribution is 0.106. The first kappa shape index (κ1) is 30.9. The number of nitriles is 2. The summed E-state index contributed by atoms with van der Waals surface area (Å²) in [5.74, 6) is -0.602. The molecule has 3 aliphatic carbocycles. The van der Waals surface area contributed by atoms with Crippen molar-refractivity contribution in [1.82, 2.24) is 0 Å². The van der Waals surface area contributed by atoms with E-state index in [9.17, 15) is 20.1 Å². The molecule has 6 aromatic rings. The van der Waals surface area contributed by atoms with E-state index in [1.54, 1.807) is 71.2 Å². The topological polar surface area (TPSA) is 115 Å². The Morgan fingerprint density at radius 2 is 1.22 bits per heavy atom. The van der Waals surface area contributed by atoms with Gasteiger partial charge in [-0.15, -0.1) is 45.3 Å². The van der Waals surface area contributed by atoms with Gasteiger partial charge in [-0.25, -0.2) is 30.2 Å². The lowest BCUT2D eigenvalue weighted by Gasteiger charge is -2.19. The molecule has 0 spiro atoms. The van der Waals surface area contributed by atoms with Gasteiger partial charge in [0.2, 0.25) is 11.6 Å². The maximum atomic E-state index is 13.5. The third-order valence-electron chi connectivity index (χ3n) is 9.33. The van der Waals surface area contributed by atoms with Crippen LogP contribution in [0.3, 0.4) is 0 Å². The predicted octanol–water partition coefficient (Wildman–Crippen LogP) is 10.8. The third kappa shape index (κ3) is 4.17. The number of Topliss-reactive ketones (excluding diaryl/α,β-unsaturated/α-hetero) is 2. The van der Waals surface area contributed by atoms with Crippen molar-refractivity contribution in [3.8, 4) is 21.9 Å². The molecule has 8 nitrogen and oxygen atoms in total. The van der Waals surface area contributed by atoms with Crippen LogP contribution in [0.1, 0.15) is 56.8 Å². The number of carbonyl (C=O) groups is 2. The molecule has 4 aromatic heterocycles. The fraction of sp³-hybridized carbons (Fsp3) is 0.0769. The first-order valence-electron chi connectivity index (χ1n) is 15.3. The molecular weight excluding hydrogens is 713 g/mol. The van der Waals surface area contributed by atoms with Crippen molar-refractivity contribution in [2.45, 2.75) is 19.3 Å². The summed E-state index contributed by atoms with van der Waals surface area (Å²) in [6.45, 7) is 19.5. The zero-order valence-electron chi connectivity index (χ0n) is 26.4. The van der Waals surface area contributed by atoms with Crippen LogP contribution in [0.25, 0.3) is 49.4 Å². The molecule has 0 bridgehead atoms. The first-order chi connectivity index (χ1) is 24.7. The van der Waals surface area contributed by atoms with Crippen LogP contribution in [0.4, 0.5) is 10.0 Å². The minimum atomic E-state index is -0.348. The summed E-state index contributed by atoms with van der Waals surface area (Å²) >= 11 is 6.37. The van der Waals surface area contributed by atoms with E-state index < -0.39 is 0 Å². The minimum absolute atomic E-state index is 0.112. The molecule has 4 heterocycles. The maximum absolute atomic E-state index is 13.5. The highest BCUT2D eigenvalue weighted by atomic mass is 32.1. The van der Waals surface area contributed by atoms with Crippen LogP contribution in [0, 0.1) is 35.8 Å². The van der Waals surface area contributed by atoms with E-state index >= 15 is 0 Å². The molecule has 0 aliphatic heterocycles. The SMILES string of the molecule is [C-]#[N+]C(C#N)=C1C(=Nc2cc3sc4c5c(sc4c3s2)-c2sc(N=C3C(=O)c4ccccc4/C3=C(/C#N)[N+]#[C-])cc2C5(C)C)C(=O)c2ccccc21. The Morgan fingerprint density at radius 1 is 0.686 bits per heavy atom. The second kappa shape index (κ2) is 10.9. The molecule has 51 heavy (non-hydrogen) atoms. The number of fused-ring (bicyclic) bond motifs is 9. The highest BCUT2D eigenvalue weighted by molar-refractivity contribution is 7.41. The van der Waals surface area contributed by atoms with E-state index in [0.29, 0.717) is 32.3 Å². The summed E-state index contributed by atoms with van der Waals surface area (Å²) in [5, 5.41) is 20.7. The second-order valence-corrected chi connectivity index (χ2v) is 16.5. The van der Waals surface area contributed by atoms with Crippen molar-refractivity contribution in [2.24, 2.45) is 9.98 Å². The van der Waals surface area contributed by atoms with E-state index in [0.717, 1.165) is 29.4 Å². The number of nitrogens with zero attached hydrogens (tertiary/aromatic N) is 6. The van der Waals surface area contributed by atoms with Crippen LogP contribution in [0.15, 0.2) is 82.0 Å². The van der Waals surface area contributed by atoms with Crippen LogP contribution in [0.2, 0.25) is 0 Å². The van der Waals surface area contributed by atoms with Crippen molar-refractivity contribution < 1.29 is 9.59 Å². The Hall–Kier alpha value is -6.12. The van der Waals surface area contributed by atoms with Crippen LogP contribution in [0.5, 0.6) is 0 Å². The Balaban J connectivity index is 1.15. The molecule has 0 atom stereocenters. The van der Waals surface area contributed by atoms with Gasteiger partial charge in [0.05, 0.1) is 49.1 Å². The van der Waals surface area contributed by atoms with Gasteiger partial charge >= 0.3 is 0 Å². The highest BCUT2D eigenvalue weighted by Crippen LogP contribution is 2.62. The van der Waals surface area contributed by atoms with Gasteiger partial charge in [-0.3, -0.25) is 9.59 Å². The molecule has 12 heteroatoms. The molecule has 0 saturated heterocycles. The summed E-state index contributed by atoms with van der Waals surface area (Å²) in [7, 11) is 0. The lowest BCUT2D eigenvalue weighted by atomic mass is 9.84. The standard InChI is InChI=1S/C39H16N6O2S4/c1-39(2)21-13-25(44-30-27(22(15-40)42-3)17-9-5-7-11-19(17)32(30)46)49-34(21)36-29(39)37-38(51-36)35-24(48-37)14-26(50-35)45-31-28(23(16-41)43-4)18-10-6-8-12-20(18)33(31)47/h5-14H,1-2H3/b27-22+,28-23?,44-30?,45-31?. The van der Waals surface area contributed by atoms with E-state index in [2.05, 4.69) is 23.5 Å². The summed E-state index contributed by atoms with van der Waals surface area (Å²) in [6.07, 6.45) is 0. The molecule has 0 radical (unpaired) electrons. The fourth-order valence-corrected chi connectivity index (χ4v) is 12.9. The molecule has 0 N–H and O–H groups in total. The average molecular weight is 729 g/mol. The number of ketones is 2. The van der Waals surface area contributed by atoms with Gasteiger partial charge in [-0.05, 0) is 34.4 Å². The van der Waals surface area contributed by atoms with E-state index in [1.165, 1.54) is 32.9 Å². The zero-order valence-corrected chi connectivity index (χ0v) is 29.7. The van der Waals surface area contributed by atoms with E-state index in [-0.39, 0.29) is 50.9 Å². The summed E-state index contributed by atoms with van der Waals surface area (Å²) < 4.78 is 4.44. The van der Waals surface area contributed by atoms with Crippen LogP contribution >= 0.6 is 45.3 Å². The smallest absolute Gasteiger partial charge is 0.271 e. The molecule has 0 fully saturated rings. The van der Waals surface area contributed by atoms with Gasteiger partial charge in [0, 0.05) is 32.4 Å². The summed E-state index contributed by atoms with van der Waals surface area (Å²) in [5.41, 5.74) is 4.44.